The molecule has 0 aromatic heterocycles. The van der Waals surface area contributed by atoms with Crippen LogP contribution in [0.2, 0.25) is 0 Å². The number of carbonyl (C=O) groups excluding carboxylic acids is 1. The van der Waals surface area contributed by atoms with Crippen LogP contribution in [0.1, 0.15) is 10.4 Å². The minimum Gasteiger partial charge on any atom is -0.321 e. The van der Waals surface area contributed by atoms with Crippen molar-refractivity contribution in [2.75, 3.05) is 5.32 Å². The van der Waals surface area contributed by atoms with E-state index in [1.807, 2.05) is 0 Å². The zero-order valence-electron chi connectivity index (χ0n) is 9.08. The fourth-order valence-electron chi connectivity index (χ4n) is 1.46. The lowest BCUT2D eigenvalue weighted by Crippen LogP contribution is -2.16. The number of amides is 1. The molecule has 2 rings (SSSR count). The highest BCUT2D eigenvalue weighted by atomic mass is 79.9. The third-order valence-corrected chi connectivity index (χ3v) is 3.00. The van der Waals surface area contributed by atoms with E-state index in [2.05, 4.69) is 21.2 Å². The number of carbonyl (C=O) groups is 1. The molecule has 2 aromatic rings. The maximum Gasteiger partial charge on any atom is 0.261 e. The highest BCUT2D eigenvalue weighted by Gasteiger charge is 2.17. The third kappa shape index (κ3) is 2.56. The molecule has 0 bridgehead atoms. The van der Waals surface area contributed by atoms with Crippen LogP contribution in [0, 0.1) is 11.6 Å². The van der Waals surface area contributed by atoms with Crippen molar-refractivity contribution in [2.24, 2.45) is 0 Å². The van der Waals surface area contributed by atoms with E-state index in [0.717, 1.165) is 12.1 Å². The Balaban J connectivity index is 2.31. The summed E-state index contributed by atoms with van der Waals surface area (Å²) in [5.74, 6) is -2.60. The maximum atomic E-state index is 13.4. The topological polar surface area (TPSA) is 29.1 Å². The molecular formula is C13H8BrF2NO. The molecule has 0 aliphatic rings. The van der Waals surface area contributed by atoms with E-state index < -0.39 is 23.1 Å². The number of hydrogen-bond donors (Lipinski definition) is 1. The number of halogens is 3. The number of benzene rings is 2. The predicted molar refractivity (Wildman–Crippen MR) is 68.5 cm³/mol. The van der Waals surface area contributed by atoms with Gasteiger partial charge in [-0.3, -0.25) is 4.79 Å². The largest absolute Gasteiger partial charge is 0.321 e. The van der Waals surface area contributed by atoms with Crippen LogP contribution in [0.4, 0.5) is 14.5 Å². The van der Waals surface area contributed by atoms with E-state index in [9.17, 15) is 13.6 Å². The predicted octanol–water partition coefficient (Wildman–Crippen LogP) is 3.98. The van der Waals surface area contributed by atoms with Gasteiger partial charge in [-0.25, -0.2) is 8.78 Å². The first-order valence-electron chi connectivity index (χ1n) is 5.09. The van der Waals surface area contributed by atoms with Crippen LogP contribution in [0.5, 0.6) is 0 Å². The summed E-state index contributed by atoms with van der Waals surface area (Å²) in [6.45, 7) is 0. The summed E-state index contributed by atoms with van der Waals surface area (Å²) in [5, 5.41) is 2.44. The lowest BCUT2D eigenvalue weighted by molar-refractivity contribution is 0.101. The van der Waals surface area contributed by atoms with E-state index in [4.69, 9.17) is 0 Å². The van der Waals surface area contributed by atoms with E-state index >= 15 is 0 Å². The van der Waals surface area contributed by atoms with Gasteiger partial charge < -0.3 is 5.32 Å². The quantitative estimate of drug-likeness (QED) is 0.893. The molecule has 1 N–H and O–H groups in total. The van der Waals surface area contributed by atoms with Gasteiger partial charge in [-0.15, -0.1) is 0 Å². The fraction of sp³-hybridized carbons (Fsp3) is 0. The SMILES string of the molecule is O=C(Nc1ccccc1Br)c1c(F)cccc1F. The van der Waals surface area contributed by atoms with Gasteiger partial charge in [-0.05, 0) is 40.2 Å². The first kappa shape index (κ1) is 12.7. The Hall–Kier alpha value is -1.75. The molecule has 0 aliphatic carbocycles. The summed E-state index contributed by atoms with van der Waals surface area (Å²) >= 11 is 3.23. The average molecular weight is 312 g/mol. The second-order valence-electron chi connectivity index (χ2n) is 3.53. The van der Waals surface area contributed by atoms with E-state index in [1.165, 1.54) is 6.07 Å². The summed E-state index contributed by atoms with van der Waals surface area (Å²) < 4.78 is 27.4. The Morgan fingerprint density at radius 2 is 1.61 bits per heavy atom. The minimum absolute atomic E-state index is 0.449. The minimum atomic E-state index is -0.889. The van der Waals surface area contributed by atoms with Crippen LogP contribution in [0.25, 0.3) is 0 Å². The Morgan fingerprint density at radius 3 is 2.22 bits per heavy atom. The molecule has 0 spiro atoms. The van der Waals surface area contributed by atoms with Crippen molar-refractivity contribution < 1.29 is 13.6 Å². The highest BCUT2D eigenvalue weighted by molar-refractivity contribution is 9.10. The Morgan fingerprint density at radius 1 is 1.00 bits per heavy atom. The smallest absolute Gasteiger partial charge is 0.261 e. The van der Waals surface area contributed by atoms with Crippen LogP contribution in [-0.4, -0.2) is 5.91 Å². The van der Waals surface area contributed by atoms with Crippen molar-refractivity contribution in [3.8, 4) is 0 Å². The zero-order valence-corrected chi connectivity index (χ0v) is 10.7. The molecule has 0 unspecified atom stereocenters. The third-order valence-electron chi connectivity index (χ3n) is 2.31. The van der Waals surface area contributed by atoms with Gasteiger partial charge in [-0.2, -0.15) is 0 Å². The number of hydrogen-bond acceptors (Lipinski definition) is 1. The number of rotatable bonds is 2. The molecule has 0 fully saturated rings. The van der Waals surface area contributed by atoms with E-state index in [-0.39, 0.29) is 0 Å². The second-order valence-corrected chi connectivity index (χ2v) is 4.38. The molecule has 0 heterocycles. The number of para-hydroxylation sites is 1. The summed E-state index contributed by atoms with van der Waals surface area (Å²) in [4.78, 5) is 11.8. The van der Waals surface area contributed by atoms with E-state index in [0.29, 0.717) is 10.2 Å². The van der Waals surface area contributed by atoms with Crippen molar-refractivity contribution in [2.45, 2.75) is 0 Å². The normalized spacial score (nSPS) is 10.2. The first-order chi connectivity index (χ1) is 8.59. The molecule has 2 nitrogen and oxygen atoms in total. The molecule has 1 amide bonds. The van der Waals surface area contributed by atoms with Crippen molar-refractivity contribution in [3.63, 3.8) is 0 Å². The second kappa shape index (κ2) is 5.27. The first-order valence-corrected chi connectivity index (χ1v) is 5.89. The Bertz CT molecular complexity index is 581. The van der Waals surface area contributed by atoms with Crippen molar-refractivity contribution in [3.05, 3.63) is 64.1 Å². The number of anilines is 1. The fourth-order valence-corrected chi connectivity index (χ4v) is 1.85. The summed E-state index contributed by atoms with van der Waals surface area (Å²) in [5.41, 5.74) is -0.140. The standard InChI is InChI=1S/C13H8BrF2NO/c14-8-4-1-2-7-11(8)17-13(18)12-9(15)5-3-6-10(12)16/h1-7H,(H,17,18). The van der Waals surface area contributed by atoms with Gasteiger partial charge in [0, 0.05) is 4.47 Å². The monoisotopic (exact) mass is 311 g/mol. The van der Waals surface area contributed by atoms with Crippen LogP contribution >= 0.6 is 15.9 Å². The highest BCUT2D eigenvalue weighted by Crippen LogP contribution is 2.22. The van der Waals surface area contributed by atoms with Gasteiger partial charge in [0.15, 0.2) is 0 Å². The molecule has 0 aliphatic heterocycles. The van der Waals surface area contributed by atoms with Crippen LogP contribution in [0.15, 0.2) is 46.9 Å². The molecular weight excluding hydrogens is 304 g/mol. The zero-order chi connectivity index (χ0) is 13.1. The Kier molecular flexibility index (Phi) is 3.72. The molecule has 5 heteroatoms. The van der Waals surface area contributed by atoms with Crippen molar-refractivity contribution in [1.29, 1.82) is 0 Å². The summed E-state index contributed by atoms with van der Waals surface area (Å²) in [6.07, 6.45) is 0. The van der Waals surface area contributed by atoms with Gasteiger partial charge >= 0.3 is 0 Å². The van der Waals surface area contributed by atoms with Gasteiger partial charge in [-0.1, -0.05) is 18.2 Å². The lowest BCUT2D eigenvalue weighted by atomic mass is 10.2. The molecule has 18 heavy (non-hydrogen) atoms. The maximum absolute atomic E-state index is 13.4. The molecule has 92 valence electrons. The molecule has 2 aromatic carbocycles. The van der Waals surface area contributed by atoms with Crippen LogP contribution in [0.3, 0.4) is 0 Å². The van der Waals surface area contributed by atoms with Gasteiger partial charge in [0.1, 0.15) is 17.2 Å². The van der Waals surface area contributed by atoms with Gasteiger partial charge in [0.25, 0.3) is 5.91 Å². The van der Waals surface area contributed by atoms with Crippen LogP contribution in [-0.2, 0) is 0 Å². The summed E-state index contributed by atoms with van der Waals surface area (Å²) in [6, 6.07) is 10.1. The lowest BCUT2D eigenvalue weighted by Gasteiger charge is -2.08. The average Bonchev–Trinajstić information content (AvgIpc) is 2.32. The number of nitrogens with one attached hydrogen (secondary N) is 1. The van der Waals surface area contributed by atoms with Crippen molar-refractivity contribution >= 4 is 27.5 Å². The van der Waals surface area contributed by atoms with Crippen molar-refractivity contribution in [1.82, 2.24) is 0 Å². The van der Waals surface area contributed by atoms with Gasteiger partial charge in [0.05, 0.1) is 5.69 Å². The molecule has 0 radical (unpaired) electrons. The molecule has 0 atom stereocenters. The Labute approximate surface area is 111 Å². The van der Waals surface area contributed by atoms with Crippen LogP contribution < -0.4 is 5.32 Å². The van der Waals surface area contributed by atoms with E-state index in [1.54, 1.807) is 24.3 Å². The van der Waals surface area contributed by atoms with Gasteiger partial charge in [0.2, 0.25) is 0 Å². The molecule has 0 saturated carbocycles. The summed E-state index contributed by atoms with van der Waals surface area (Å²) in [7, 11) is 0. The molecule has 0 saturated heterocycles.